The van der Waals surface area contributed by atoms with Crippen LogP contribution in [0.25, 0.3) is 5.69 Å². The molecule has 0 radical (unpaired) electrons. The molecule has 1 aromatic carbocycles. The van der Waals surface area contributed by atoms with E-state index in [2.05, 4.69) is 0 Å². The predicted octanol–water partition coefficient (Wildman–Crippen LogP) is 1.81. The maximum atomic E-state index is 12.2. The van der Waals surface area contributed by atoms with Gasteiger partial charge in [-0.2, -0.15) is 0 Å². The summed E-state index contributed by atoms with van der Waals surface area (Å²) in [7, 11) is 0. The molecule has 1 heterocycles. The highest BCUT2D eigenvalue weighted by atomic mass is 16.5. The Balaban J connectivity index is 2.57. The van der Waals surface area contributed by atoms with Gasteiger partial charge in [-0.3, -0.25) is 14.2 Å². The van der Waals surface area contributed by atoms with Gasteiger partial charge >= 0.3 is 11.1 Å². The molecule has 106 valence electrons. The fourth-order valence-electron chi connectivity index (χ4n) is 2.05. The molecule has 0 amide bonds. The van der Waals surface area contributed by atoms with Crippen molar-refractivity contribution in [1.29, 1.82) is 0 Å². The fourth-order valence-corrected chi connectivity index (χ4v) is 2.05. The SMILES string of the molecule is CCCn1ccn(-c2ccccc2OCC)c(=O)c1=O. The van der Waals surface area contributed by atoms with Crippen LogP contribution in [0.3, 0.4) is 0 Å². The Bertz CT molecular complexity index is 701. The van der Waals surface area contributed by atoms with Gasteiger partial charge in [-0.1, -0.05) is 19.1 Å². The first-order valence-electron chi connectivity index (χ1n) is 6.73. The van der Waals surface area contributed by atoms with Crippen molar-refractivity contribution in [3.05, 3.63) is 57.4 Å². The zero-order chi connectivity index (χ0) is 14.5. The molecule has 2 aromatic rings. The van der Waals surface area contributed by atoms with Crippen LogP contribution in [0.15, 0.2) is 46.2 Å². The van der Waals surface area contributed by atoms with E-state index in [-0.39, 0.29) is 0 Å². The lowest BCUT2D eigenvalue weighted by Gasteiger charge is -2.12. The van der Waals surface area contributed by atoms with E-state index in [1.54, 1.807) is 24.5 Å². The van der Waals surface area contributed by atoms with E-state index in [0.29, 0.717) is 24.6 Å². The molecule has 20 heavy (non-hydrogen) atoms. The number of aromatic nitrogens is 2. The van der Waals surface area contributed by atoms with Crippen LogP contribution in [0.5, 0.6) is 5.75 Å². The first kappa shape index (κ1) is 14.1. The first-order chi connectivity index (χ1) is 9.69. The largest absolute Gasteiger partial charge is 0.492 e. The van der Waals surface area contributed by atoms with Crippen molar-refractivity contribution < 1.29 is 4.74 Å². The lowest BCUT2D eigenvalue weighted by molar-refractivity contribution is 0.339. The van der Waals surface area contributed by atoms with Gasteiger partial charge < -0.3 is 9.30 Å². The van der Waals surface area contributed by atoms with Crippen LogP contribution < -0.4 is 15.9 Å². The Morgan fingerprint density at radius 1 is 1.05 bits per heavy atom. The molecule has 0 unspecified atom stereocenters. The maximum Gasteiger partial charge on any atom is 0.321 e. The van der Waals surface area contributed by atoms with Gasteiger partial charge in [-0.25, -0.2) is 0 Å². The van der Waals surface area contributed by atoms with Gasteiger partial charge in [0.15, 0.2) is 0 Å². The smallest absolute Gasteiger partial charge is 0.321 e. The van der Waals surface area contributed by atoms with Crippen molar-refractivity contribution >= 4 is 0 Å². The highest BCUT2D eigenvalue weighted by molar-refractivity contribution is 5.46. The summed E-state index contributed by atoms with van der Waals surface area (Å²) in [5.41, 5.74) is -0.492. The minimum absolute atomic E-state index is 0.499. The van der Waals surface area contributed by atoms with Crippen LogP contribution in [0.4, 0.5) is 0 Å². The minimum atomic E-state index is -0.562. The van der Waals surface area contributed by atoms with Crippen LogP contribution in [-0.2, 0) is 6.54 Å². The summed E-state index contributed by atoms with van der Waals surface area (Å²) < 4.78 is 8.26. The standard InChI is InChI=1S/C15H18N2O3/c1-3-9-16-10-11-17(15(19)14(16)18)12-7-5-6-8-13(12)20-4-2/h5-8,10-11H,3-4,9H2,1-2H3. The minimum Gasteiger partial charge on any atom is -0.492 e. The van der Waals surface area contributed by atoms with E-state index in [9.17, 15) is 9.59 Å². The zero-order valence-corrected chi connectivity index (χ0v) is 11.7. The van der Waals surface area contributed by atoms with Crippen molar-refractivity contribution in [2.24, 2.45) is 0 Å². The molecule has 5 heteroatoms. The molecule has 0 aliphatic rings. The Hall–Kier alpha value is -2.30. The molecule has 0 fully saturated rings. The third kappa shape index (κ3) is 2.66. The normalized spacial score (nSPS) is 10.5. The van der Waals surface area contributed by atoms with Crippen molar-refractivity contribution in [2.75, 3.05) is 6.61 Å². The maximum absolute atomic E-state index is 12.2. The molecule has 0 atom stereocenters. The zero-order valence-electron chi connectivity index (χ0n) is 11.7. The molecular weight excluding hydrogens is 256 g/mol. The molecule has 2 rings (SSSR count). The number of aryl methyl sites for hydroxylation is 1. The Labute approximate surface area is 117 Å². The summed E-state index contributed by atoms with van der Waals surface area (Å²) in [5, 5.41) is 0. The second-order valence-corrected chi connectivity index (χ2v) is 4.37. The average molecular weight is 274 g/mol. The van der Waals surface area contributed by atoms with Crippen LogP contribution in [0.1, 0.15) is 20.3 Å². The Morgan fingerprint density at radius 2 is 1.80 bits per heavy atom. The molecule has 0 saturated heterocycles. The Kier molecular flexibility index (Phi) is 4.40. The topological polar surface area (TPSA) is 53.2 Å². The van der Waals surface area contributed by atoms with Gasteiger partial charge in [0.25, 0.3) is 0 Å². The number of rotatable bonds is 5. The summed E-state index contributed by atoms with van der Waals surface area (Å²) in [6, 6.07) is 7.18. The third-order valence-corrected chi connectivity index (χ3v) is 2.95. The van der Waals surface area contributed by atoms with E-state index in [1.807, 2.05) is 26.0 Å². The molecule has 0 bridgehead atoms. The number of ether oxygens (including phenoxy) is 1. The molecule has 1 aromatic heterocycles. The number of para-hydroxylation sites is 2. The second-order valence-electron chi connectivity index (χ2n) is 4.37. The second kappa shape index (κ2) is 6.23. The van der Waals surface area contributed by atoms with Crippen molar-refractivity contribution in [3.63, 3.8) is 0 Å². The summed E-state index contributed by atoms with van der Waals surface area (Å²) in [6.45, 7) is 4.88. The van der Waals surface area contributed by atoms with Gasteiger partial charge in [0.1, 0.15) is 5.75 Å². The van der Waals surface area contributed by atoms with Gasteiger partial charge in [-0.05, 0) is 25.5 Å². The van der Waals surface area contributed by atoms with Gasteiger partial charge in [0.05, 0.1) is 12.3 Å². The lowest BCUT2D eigenvalue weighted by atomic mass is 10.3. The Morgan fingerprint density at radius 3 is 2.50 bits per heavy atom. The fraction of sp³-hybridized carbons (Fsp3) is 0.333. The molecule has 0 spiro atoms. The molecule has 0 saturated carbocycles. The molecular formula is C15H18N2O3. The summed E-state index contributed by atoms with van der Waals surface area (Å²) in [6.07, 6.45) is 4.05. The first-order valence-corrected chi connectivity index (χ1v) is 6.73. The molecule has 0 aliphatic carbocycles. The van der Waals surface area contributed by atoms with Gasteiger partial charge in [-0.15, -0.1) is 0 Å². The van der Waals surface area contributed by atoms with E-state index in [1.165, 1.54) is 9.13 Å². The van der Waals surface area contributed by atoms with E-state index >= 15 is 0 Å². The van der Waals surface area contributed by atoms with Gasteiger partial charge in [0.2, 0.25) is 0 Å². The molecule has 0 aliphatic heterocycles. The van der Waals surface area contributed by atoms with Crippen LogP contribution in [0.2, 0.25) is 0 Å². The number of nitrogens with zero attached hydrogens (tertiary/aromatic N) is 2. The monoisotopic (exact) mass is 274 g/mol. The molecule has 0 N–H and O–H groups in total. The third-order valence-electron chi connectivity index (χ3n) is 2.95. The molecule has 5 nitrogen and oxygen atoms in total. The lowest BCUT2D eigenvalue weighted by Crippen LogP contribution is -2.40. The van der Waals surface area contributed by atoms with Crippen molar-refractivity contribution in [3.8, 4) is 11.4 Å². The quantitative estimate of drug-likeness (QED) is 0.781. The summed E-state index contributed by atoms with van der Waals surface area (Å²) in [5.74, 6) is 0.588. The van der Waals surface area contributed by atoms with Crippen molar-refractivity contribution in [2.45, 2.75) is 26.8 Å². The predicted molar refractivity (Wildman–Crippen MR) is 77.8 cm³/mol. The van der Waals surface area contributed by atoms with Crippen LogP contribution in [-0.4, -0.2) is 15.7 Å². The summed E-state index contributed by atoms with van der Waals surface area (Å²) >= 11 is 0. The number of hydrogen-bond acceptors (Lipinski definition) is 3. The average Bonchev–Trinajstić information content (AvgIpc) is 2.46. The highest BCUT2D eigenvalue weighted by Gasteiger charge is 2.10. The van der Waals surface area contributed by atoms with Crippen LogP contribution in [0, 0.1) is 0 Å². The van der Waals surface area contributed by atoms with E-state index in [4.69, 9.17) is 4.74 Å². The van der Waals surface area contributed by atoms with E-state index < -0.39 is 11.1 Å². The van der Waals surface area contributed by atoms with Crippen molar-refractivity contribution in [1.82, 2.24) is 9.13 Å². The summed E-state index contributed by atoms with van der Waals surface area (Å²) in [4.78, 5) is 24.2. The van der Waals surface area contributed by atoms with Gasteiger partial charge in [0, 0.05) is 18.9 Å². The number of hydrogen-bond donors (Lipinski definition) is 0. The van der Waals surface area contributed by atoms with Crippen LogP contribution >= 0.6 is 0 Å². The number of benzene rings is 1. The van der Waals surface area contributed by atoms with E-state index in [0.717, 1.165) is 6.42 Å². The highest BCUT2D eigenvalue weighted by Crippen LogP contribution is 2.20.